The molecule has 1 N–H and O–H groups in total. The fourth-order valence-corrected chi connectivity index (χ4v) is 3.39. The summed E-state index contributed by atoms with van der Waals surface area (Å²) in [6.45, 7) is 4.51. The van der Waals surface area contributed by atoms with Gasteiger partial charge in [-0.1, -0.05) is 18.7 Å². The zero-order chi connectivity index (χ0) is 19.4. The number of rotatable bonds is 7. The average molecular weight is 387 g/mol. The molecule has 1 aliphatic heterocycles. The summed E-state index contributed by atoms with van der Waals surface area (Å²) in [7, 11) is 1.76. The van der Waals surface area contributed by atoms with Gasteiger partial charge in [-0.25, -0.2) is 14.6 Å². The van der Waals surface area contributed by atoms with Crippen molar-refractivity contribution in [2.75, 3.05) is 31.3 Å². The van der Waals surface area contributed by atoms with Crippen molar-refractivity contribution in [1.29, 1.82) is 0 Å². The molecule has 142 valence electrons. The van der Waals surface area contributed by atoms with Crippen LogP contribution in [0.3, 0.4) is 0 Å². The summed E-state index contributed by atoms with van der Waals surface area (Å²) in [6, 6.07) is 12.5. The lowest BCUT2D eigenvalue weighted by Gasteiger charge is -2.21. The highest BCUT2D eigenvalue weighted by molar-refractivity contribution is 7.98. The van der Waals surface area contributed by atoms with Crippen molar-refractivity contribution in [3.05, 3.63) is 61.1 Å². The largest absolute Gasteiger partial charge is 0.442 e. The molecule has 1 unspecified atom stereocenters. The van der Waals surface area contributed by atoms with E-state index in [1.807, 2.05) is 30.5 Å². The second-order valence-corrected chi connectivity index (χ2v) is 6.95. The zero-order valence-corrected chi connectivity index (χ0v) is 16.1. The van der Waals surface area contributed by atoms with Crippen LogP contribution in [0, 0.1) is 5.82 Å². The third-order valence-electron chi connectivity index (χ3n) is 4.45. The van der Waals surface area contributed by atoms with Gasteiger partial charge in [-0.2, -0.15) is 0 Å². The molecule has 5 nitrogen and oxygen atoms in total. The second-order valence-electron chi connectivity index (χ2n) is 6.07. The van der Waals surface area contributed by atoms with E-state index in [2.05, 4.69) is 12.0 Å². The smallest absolute Gasteiger partial charge is 0.414 e. The van der Waals surface area contributed by atoms with Crippen molar-refractivity contribution in [1.82, 2.24) is 10.4 Å². The number of ether oxygens (including phenoxy) is 1. The second kappa shape index (κ2) is 8.45. The molecule has 0 saturated carbocycles. The van der Waals surface area contributed by atoms with E-state index in [4.69, 9.17) is 4.74 Å². The number of amides is 1. The number of thioether (sulfide) groups is 1. The van der Waals surface area contributed by atoms with Gasteiger partial charge in [-0.3, -0.25) is 4.90 Å². The molecule has 0 bridgehead atoms. The highest BCUT2D eigenvalue weighted by atomic mass is 32.2. The number of nitrogens with one attached hydrogen (secondary N) is 1. The molecule has 2 aromatic rings. The van der Waals surface area contributed by atoms with Crippen LogP contribution in [-0.4, -0.2) is 43.6 Å². The Labute approximate surface area is 162 Å². The van der Waals surface area contributed by atoms with Crippen LogP contribution in [0.4, 0.5) is 14.9 Å². The Balaban J connectivity index is 1.76. The van der Waals surface area contributed by atoms with Gasteiger partial charge in [-0.05, 0) is 42.2 Å². The first-order valence-electron chi connectivity index (χ1n) is 8.54. The van der Waals surface area contributed by atoms with Gasteiger partial charge in [0.05, 0.1) is 18.8 Å². The maximum absolute atomic E-state index is 14.7. The van der Waals surface area contributed by atoms with Crippen molar-refractivity contribution in [3.8, 4) is 11.1 Å². The van der Waals surface area contributed by atoms with Crippen LogP contribution in [0.15, 0.2) is 60.1 Å². The van der Waals surface area contributed by atoms with Gasteiger partial charge in [0, 0.05) is 23.7 Å². The molecule has 0 aliphatic carbocycles. The highest BCUT2D eigenvalue weighted by Gasteiger charge is 2.33. The molecule has 27 heavy (non-hydrogen) atoms. The number of halogens is 1. The summed E-state index contributed by atoms with van der Waals surface area (Å²) in [6.07, 6.45) is 2.81. The van der Waals surface area contributed by atoms with Gasteiger partial charge in [-0.15, -0.1) is 11.8 Å². The normalized spacial score (nSPS) is 16.3. The number of hydrogen-bond donors (Lipinski definition) is 1. The average Bonchev–Trinajstić information content (AvgIpc) is 3.06. The molecule has 0 spiro atoms. The maximum atomic E-state index is 14.7. The Kier molecular flexibility index (Phi) is 6.03. The summed E-state index contributed by atoms with van der Waals surface area (Å²) in [5.74, 6) is -0.372. The molecule has 3 rings (SSSR count). The third kappa shape index (κ3) is 4.26. The lowest BCUT2D eigenvalue weighted by molar-refractivity contribution is 0.112. The fraction of sp³-hybridized carbons (Fsp3) is 0.250. The number of anilines is 1. The summed E-state index contributed by atoms with van der Waals surface area (Å²) in [5, 5.41) is 1.73. The minimum atomic E-state index is -0.475. The van der Waals surface area contributed by atoms with E-state index in [9.17, 15) is 9.18 Å². The van der Waals surface area contributed by atoms with E-state index in [0.717, 1.165) is 10.5 Å². The number of hydrogen-bond acceptors (Lipinski definition) is 5. The molecule has 2 aromatic carbocycles. The van der Waals surface area contributed by atoms with E-state index in [1.54, 1.807) is 42.2 Å². The lowest BCUT2D eigenvalue weighted by atomic mass is 10.0. The predicted molar refractivity (Wildman–Crippen MR) is 107 cm³/mol. The molecule has 1 saturated heterocycles. The Morgan fingerprint density at radius 2 is 2.11 bits per heavy atom. The lowest BCUT2D eigenvalue weighted by Crippen LogP contribution is -2.38. The van der Waals surface area contributed by atoms with Gasteiger partial charge in [0.15, 0.2) is 0 Å². The number of nitrogens with zero attached hydrogens (tertiary/aromatic N) is 2. The standard InChI is InChI=1S/C20H22FN3O2S/c1-4-23(22-2)12-16-13-24(20(25)26-16)15-7-10-18(19(21)11-15)14-5-8-17(27-3)9-6-14/h4-11,16,22H,1,12-13H2,2-3H3. The maximum Gasteiger partial charge on any atom is 0.414 e. The van der Waals surface area contributed by atoms with Crippen LogP contribution < -0.4 is 10.3 Å². The Morgan fingerprint density at radius 1 is 1.37 bits per heavy atom. The molecular weight excluding hydrogens is 365 g/mol. The van der Waals surface area contributed by atoms with Crippen molar-refractivity contribution in [2.24, 2.45) is 0 Å². The summed E-state index contributed by atoms with van der Waals surface area (Å²) in [4.78, 5) is 14.8. The van der Waals surface area contributed by atoms with E-state index < -0.39 is 6.09 Å². The zero-order valence-electron chi connectivity index (χ0n) is 15.3. The van der Waals surface area contributed by atoms with Crippen LogP contribution in [0.25, 0.3) is 11.1 Å². The molecule has 1 heterocycles. The quantitative estimate of drug-likeness (QED) is 0.572. The van der Waals surface area contributed by atoms with Gasteiger partial charge >= 0.3 is 6.09 Å². The van der Waals surface area contributed by atoms with E-state index in [-0.39, 0.29) is 11.9 Å². The fourth-order valence-electron chi connectivity index (χ4n) is 2.98. The molecule has 7 heteroatoms. The summed E-state index contributed by atoms with van der Waals surface area (Å²) < 4.78 is 20.1. The van der Waals surface area contributed by atoms with E-state index in [1.165, 1.54) is 11.0 Å². The topological polar surface area (TPSA) is 44.8 Å². The molecule has 0 radical (unpaired) electrons. The number of cyclic esters (lactones) is 1. The molecular formula is C20H22FN3O2S. The molecule has 1 fully saturated rings. The molecule has 0 aromatic heterocycles. The minimum Gasteiger partial charge on any atom is -0.442 e. The predicted octanol–water partition coefficient (Wildman–Crippen LogP) is 4.12. The van der Waals surface area contributed by atoms with Crippen molar-refractivity contribution >= 4 is 23.5 Å². The number of carbonyl (C=O) groups excluding carboxylic acids is 1. The molecule has 1 atom stereocenters. The van der Waals surface area contributed by atoms with Crippen LogP contribution >= 0.6 is 11.8 Å². The first kappa shape index (κ1) is 19.3. The Morgan fingerprint density at radius 3 is 2.70 bits per heavy atom. The summed E-state index contributed by atoms with van der Waals surface area (Å²) >= 11 is 1.64. The van der Waals surface area contributed by atoms with Crippen LogP contribution in [0.5, 0.6) is 0 Å². The number of benzene rings is 2. The Bertz CT molecular complexity index is 828. The van der Waals surface area contributed by atoms with Crippen LogP contribution in [-0.2, 0) is 4.74 Å². The minimum absolute atomic E-state index is 0.329. The molecule has 1 amide bonds. The van der Waals surface area contributed by atoms with Crippen molar-refractivity contribution in [3.63, 3.8) is 0 Å². The van der Waals surface area contributed by atoms with Gasteiger partial charge in [0.25, 0.3) is 0 Å². The monoisotopic (exact) mass is 387 g/mol. The van der Waals surface area contributed by atoms with Crippen LogP contribution in [0.2, 0.25) is 0 Å². The van der Waals surface area contributed by atoms with Crippen LogP contribution in [0.1, 0.15) is 0 Å². The SMILES string of the molecule is C=CN(CC1CN(c2ccc(-c3ccc(SC)cc3)c(F)c2)C(=O)O1)NC. The van der Waals surface area contributed by atoms with E-state index >= 15 is 0 Å². The number of hydrazine groups is 1. The Hall–Kier alpha value is -2.51. The molecule has 1 aliphatic rings. The first-order valence-corrected chi connectivity index (χ1v) is 9.77. The first-order chi connectivity index (χ1) is 13.0. The van der Waals surface area contributed by atoms with Gasteiger partial charge in [0.2, 0.25) is 0 Å². The summed E-state index contributed by atoms with van der Waals surface area (Å²) in [5.41, 5.74) is 4.72. The van der Waals surface area contributed by atoms with Crippen molar-refractivity contribution < 1.29 is 13.9 Å². The van der Waals surface area contributed by atoms with Gasteiger partial charge in [0.1, 0.15) is 11.9 Å². The van der Waals surface area contributed by atoms with E-state index in [0.29, 0.717) is 24.3 Å². The van der Waals surface area contributed by atoms with Crippen molar-refractivity contribution in [2.45, 2.75) is 11.0 Å². The highest BCUT2D eigenvalue weighted by Crippen LogP contribution is 2.30. The number of carbonyl (C=O) groups is 1. The third-order valence-corrected chi connectivity index (χ3v) is 5.19. The van der Waals surface area contributed by atoms with Gasteiger partial charge < -0.3 is 9.75 Å².